The molecule has 1 aromatic carbocycles. The molecule has 0 radical (unpaired) electrons. The first-order valence-electron chi connectivity index (χ1n) is 6.54. The van der Waals surface area contributed by atoms with E-state index in [2.05, 4.69) is 10.6 Å². The number of hydrogen-bond acceptors (Lipinski definition) is 3. The molecule has 0 bridgehead atoms. The minimum absolute atomic E-state index is 0.101. The lowest BCUT2D eigenvalue weighted by Gasteiger charge is -2.10. The van der Waals surface area contributed by atoms with Crippen LogP contribution in [0.2, 0.25) is 0 Å². The summed E-state index contributed by atoms with van der Waals surface area (Å²) >= 11 is 0. The molecule has 1 rings (SSSR count). The Balaban J connectivity index is 2.43. The van der Waals surface area contributed by atoms with E-state index in [1.807, 2.05) is 25.1 Å². The van der Waals surface area contributed by atoms with Gasteiger partial charge in [0.25, 0.3) is 5.91 Å². The van der Waals surface area contributed by atoms with Gasteiger partial charge in [0.05, 0.1) is 5.56 Å². The Morgan fingerprint density at radius 1 is 1.21 bits per heavy atom. The van der Waals surface area contributed by atoms with Crippen LogP contribution in [0, 0.1) is 0 Å². The van der Waals surface area contributed by atoms with Crippen LogP contribution < -0.4 is 16.4 Å². The number of anilines is 1. The summed E-state index contributed by atoms with van der Waals surface area (Å²) < 4.78 is 0. The molecule has 5 nitrogen and oxygen atoms in total. The van der Waals surface area contributed by atoms with Crippen molar-refractivity contribution in [2.45, 2.75) is 26.2 Å². The quantitative estimate of drug-likeness (QED) is 0.621. The summed E-state index contributed by atoms with van der Waals surface area (Å²) in [7, 11) is 0. The summed E-state index contributed by atoms with van der Waals surface area (Å²) in [5.41, 5.74) is 6.52. The number of primary amides is 1. The molecule has 0 aliphatic carbocycles. The second-order valence-electron chi connectivity index (χ2n) is 4.26. The third-order valence-electron chi connectivity index (χ3n) is 2.67. The van der Waals surface area contributed by atoms with Gasteiger partial charge in [0.15, 0.2) is 0 Å². The van der Waals surface area contributed by atoms with Crippen molar-refractivity contribution in [1.82, 2.24) is 5.32 Å². The lowest BCUT2D eigenvalue weighted by atomic mass is 10.1. The zero-order valence-corrected chi connectivity index (χ0v) is 11.2. The van der Waals surface area contributed by atoms with Crippen LogP contribution in [0.4, 0.5) is 5.69 Å². The molecule has 2 amide bonds. The topological polar surface area (TPSA) is 84.2 Å². The van der Waals surface area contributed by atoms with Gasteiger partial charge >= 0.3 is 0 Å². The Labute approximate surface area is 113 Å². The minimum atomic E-state index is -0.302. The highest BCUT2D eigenvalue weighted by Gasteiger charge is 2.09. The number of benzene rings is 1. The van der Waals surface area contributed by atoms with Crippen molar-refractivity contribution in [1.29, 1.82) is 0 Å². The maximum Gasteiger partial charge on any atom is 0.253 e. The van der Waals surface area contributed by atoms with Crippen LogP contribution in [0.3, 0.4) is 0 Å². The van der Waals surface area contributed by atoms with E-state index in [1.165, 1.54) is 0 Å². The van der Waals surface area contributed by atoms with Crippen molar-refractivity contribution in [3.63, 3.8) is 0 Å². The number of amides is 2. The zero-order chi connectivity index (χ0) is 14.1. The van der Waals surface area contributed by atoms with Gasteiger partial charge in [-0.15, -0.1) is 0 Å². The summed E-state index contributed by atoms with van der Waals surface area (Å²) in [4.78, 5) is 22.6. The van der Waals surface area contributed by atoms with Crippen LogP contribution in [-0.2, 0) is 4.79 Å². The molecule has 0 unspecified atom stereocenters. The van der Waals surface area contributed by atoms with E-state index in [9.17, 15) is 9.59 Å². The van der Waals surface area contributed by atoms with E-state index in [-0.39, 0.29) is 11.8 Å². The molecule has 19 heavy (non-hydrogen) atoms. The fraction of sp³-hybridized carbons (Fsp3) is 0.429. The molecule has 0 saturated carbocycles. The Morgan fingerprint density at radius 3 is 2.63 bits per heavy atom. The predicted molar refractivity (Wildman–Crippen MR) is 76.0 cm³/mol. The van der Waals surface area contributed by atoms with Crippen LogP contribution in [-0.4, -0.2) is 24.9 Å². The van der Waals surface area contributed by atoms with Crippen molar-refractivity contribution in [2.75, 3.05) is 18.4 Å². The monoisotopic (exact) mass is 263 g/mol. The van der Waals surface area contributed by atoms with E-state index in [1.54, 1.807) is 6.07 Å². The molecule has 0 atom stereocenters. The van der Waals surface area contributed by atoms with E-state index < -0.39 is 0 Å². The minimum Gasteiger partial charge on any atom is -0.385 e. The van der Waals surface area contributed by atoms with Crippen molar-refractivity contribution < 1.29 is 9.59 Å². The molecule has 0 fully saturated rings. The summed E-state index contributed by atoms with van der Waals surface area (Å²) in [6.07, 6.45) is 1.81. The molecule has 4 N–H and O–H groups in total. The molecule has 0 aliphatic heterocycles. The van der Waals surface area contributed by atoms with Gasteiger partial charge in [0, 0.05) is 25.2 Å². The average Bonchev–Trinajstić information content (AvgIpc) is 2.39. The van der Waals surface area contributed by atoms with Gasteiger partial charge in [-0.2, -0.15) is 0 Å². The standard InChI is InChI=1S/C14H21N3O2/c1-2-16-12-8-4-3-7-11(12)14(19)17-10-6-5-9-13(15)18/h3-4,7-8,16H,2,5-6,9-10H2,1H3,(H2,15,18)(H,17,19). The highest BCUT2D eigenvalue weighted by molar-refractivity contribution is 5.99. The van der Waals surface area contributed by atoms with Crippen molar-refractivity contribution in [2.24, 2.45) is 5.73 Å². The number of nitrogens with one attached hydrogen (secondary N) is 2. The number of carbonyl (C=O) groups excluding carboxylic acids is 2. The molecular formula is C14H21N3O2. The number of nitrogens with two attached hydrogens (primary N) is 1. The fourth-order valence-electron chi connectivity index (χ4n) is 1.75. The first-order valence-corrected chi connectivity index (χ1v) is 6.54. The van der Waals surface area contributed by atoms with E-state index in [0.717, 1.165) is 18.7 Å². The summed E-state index contributed by atoms with van der Waals surface area (Å²) in [5.74, 6) is -0.403. The van der Waals surface area contributed by atoms with E-state index >= 15 is 0 Å². The highest BCUT2D eigenvalue weighted by atomic mass is 16.2. The molecule has 0 spiro atoms. The summed E-state index contributed by atoms with van der Waals surface area (Å²) in [5, 5.41) is 5.99. The van der Waals surface area contributed by atoms with Crippen molar-refractivity contribution >= 4 is 17.5 Å². The molecule has 0 saturated heterocycles. The predicted octanol–water partition coefficient (Wildman–Crippen LogP) is 1.50. The first kappa shape index (κ1) is 15.0. The van der Waals surface area contributed by atoms with Gasteiger partial charge in [0.2, 0.25) is 5.91 Å². The fourth-order valence-corrected chi connectivity index (χ4v) is 1.75. The maximum atomic E-state index is 12.0. The zero-order valence-electron chi connectivity index (χ0n) is 11.2. The van der Waals surface area contributed by atoms with Gasteiger partial charge in [-0.1, -0.05) is 12.1 Å². The summed E-state index contributed by atoms with van der Waals surface area (Å²) in [6, 6.07) is 7.40. The Hall–Kier alpha value is -2.04. The van der Waals surface area contributed by atoms with Gasteiger partial charge < -0.3 is 16.4 Å². The lowest BCUT2D eigenvalue weighted by Crippen LogP contribution is -2.25. The molecule has 0 aromatic heterocycles. The van der Waals surface area contributed by atoms with Crippen LogP contribution in [0.25, 0.3) is 0 Å². The smallest absolute Gasteiger partial charge is 0.253 e. The van der Waals surface area contributed by atoms with Crippen molar-refractivity contribution in [3.8, 4) is 0 Å². The molecule has 0 heterocycles. The van der Waals surface area contributed by atoms with E-state index in [4.69, 9.17) is 5.73 Å². The number of hydrogen-bond donors (Lipinski definition) is 3. The Bertz CT molecular complexity index is 432. The highest BCUT2D eigenvalue weighted by Crippen LogP contribution is 2.14. The molecule has 5 heteroatoms. The number of rotatable bonds is 8. The first-order chi connectivity index (χ1) is 9.15. The van der Waals surface area contributed by atoms with Gasteiger partial charge in [-0.05, 0) is 31.9 Å². The second-order valence-corrected chi connectivity index (χ2v) is 4.26. The van der Waals surface area contributed by atoms with Crippen LogP contribution in [0.1, 0.15) is 36.5 Å². The normalized spacial score (nSPS) is 9.95. The SMILES string of the molecule is CCNc1ccccc1C(=O)NCCCCC(N)=O. The number of unbranched alkanes of at least 4 members (excludes halogenated alkanes) is 1. The van der Waals surface area contributed by atoms with Gasteiger partial charge in [-0.3, -0.25) is 9.59 Å². The maximum absolute atomic E-state index is 12.0. The number of carbonyl (C=O) groups is 2. The lowest BCUT2D eigenvalue weighted by molar-refractivity contribution is -0.118. The molecule has 104 valence electrons. The number of para-hydroxylation sites is 1. The molecule has 1 aromatic rings. The third kappa shape index (κ3) is 5.42. The molecular weight excluding hydrogens is 242 g/mol. The van der Waals surface area contributed by atoms with Crippen LogP contribution in [0.15, 0.2) is 24.3 Å². The van der Waals surface area contributed by atoms with Crippen LogP contribution in [0.5, 0.6) is 0 Å². The largest absolute Gasteiger partial charge is 0.385 e. The third-order valence-corrected chi connectivity index (χ3v) is 2.67. The average molecular weight is 263 g/mol. The van der Waals surface area contributed by atoms with Gasteiger partial charge in [-0.25, -0.2) is 0 Å². The molecule has 0 aliphatic rings. The Kier molecular flexibility index (Phi) is 6.43. The van der Waals surface area contributed by atoms with E-state index in [0.29, 0.717) is 24.9 Å². The summed E-state index contributed by atoms with van der Waals surface area (Å²) in [6.45, 7) is 3.30. The second kappa shape index (κ2) is 8.13. The van der Waals surface area contributed by atoms with Crippen molar-refractivity contribution in [3.05, 3.63) is 29.8 Å². The Morgan fingerprint density at radius 2 is 1.95 bits per heavy atom. The van der Waals surface area contributed by atoms with Gasteiger partial charge in [0.1, 0.15) is 0 Å². The van der Waals surface area contributed by atoms with Crippen LogP contribution >= 0.6 is 0 Å².